The van der Waals surface area contributed by atoms with E-state index in [0.717, 1.165) is 23.0 Å². The van der Waals surface area contributed by atoms with Crippen molar-refractivity contribution in [3.8, 4) is 0 Å². The lowest BCUT2D eigenvalue weighted by Gasteiger charge is -2.23. The maximum absolute atomic E-state index is 5.32. The Kier molecular flexibility index (Phi) is 12.0. The Hall–Kier alpha value is 0.314. The van der Waals surface area contributed by atoms with Crippen molar-refractivity contribution in [3.05, 3.63) is 0 Å². The van der Waals surface area contributed by atoms with E-state index in [9.17, 15) is 0 Å². The lowest BCUT2D eigenvalue weighted by Crippen LogP contribution is -2.23. The normalized spacial score (nSPS) is 17.2. The lowest BCUT2D eigenvalue weighted by molar-refractivity contribution is 0.259. The summed E-state index contributed by atoms with van der Waals surface area (Å²) in [7, 11) is 3.19. The van der Waals surface area contributed by atoms with Crippen molar-refractivity contribution < 1.29 is 13.3 Å². The zero-order valence-electron chi connectivity index (χ0n) is 11.3. The van der Waals surface area contributed by atoms with Crippen molar-refractivity contribution in [2.75, 3.05) is 20.8 Å². The monoisotopic (exact) mass is 264 g/mol. The number of hydrogen-bond acceptors (Lipinski definition) is 3. The first-order valence-corrected chi connectivity index (χ1v) is 8.90. The standard InChI is InChI=1S/C9H20O2Si.C2H8OSi/c1-10-12(11-2)8-9-6-4-3-5-7-9;1-2-3-4/h9,12H,3-8H2,1-2H3;2H2,1,4H3. The average Bonchev–Trinajstić information content (AvgIpc) is 2.37. The van der Waals surface area contributed by atoms with Crippen LogP contribution in [-0.2, 0) is 13.3 Å². The van der Waals surface area contributed by atoms with Crippen LogP contribution in [-0.4, -0.2) is 40.6 Å². The van der Waals surface area contributed by atoms with Crippen molar-refractivity contribution in [2.24, 2.45) is 5.92 Å². The molecule has 0 radical (unpaired) electrons. The molecule has 0 bridgehead atoms. The van der Waals surface area contributed by atoms with Crippen LogP contribution in [0, 0.1) is 5.92 Å². The molecule has 0 aliphatic heterocycles. The predicted octanol–water partition coefficient (Wildman–Crippen LogP) is 1.38. The van der Waals surface area contributed by atoms with E-state index in [0.29, 0.717) is 0 Å². The topological polar surface area (TPSA) is 27.7 Å². The molecule has 0 spiro atoms. The fraction of sp³-hybridized carbons (Fsp3) is 1.00. The molecule has 0 N–H and O–H groups in total. The van der Waals surface area contributed by atoms with E-state index >= 15 is 0 Å². The van der Waals surface area contributed by atoms with Gasteiger partial charge in [-0.25, -0.2) is 0 Å². The molecule has 0 aromatic heterocycles. The van der Waals surface area contributed by atoms with Crippen LogP contribution in [0.3, 0.4) is 0 Å². The molecule has 1 aliphatic carbocycles. The van der Waals surface area contributed by atoms with Crippen LogP contribution in [0.4, 0.5) is 0 Å². The minimum absolute atomic E-state index is 0.881. The third-order valence-corrected chi connectivity index (χ3v) is 5.75. The molecule has 0 aromatic rings. The Balaban J connectivity index is 0.000000487. The largest absolute Gasteiger partial charge is 0.428 e. The highest BCUT2D eigenvalue weighted by Gasteiger charge is 2.20. The van der Waals surface area contributed by atoms with Crippen LogP contribution in [0.15, 0.2) is 0 Å². The van der Waals surface area contributed by atoms with Crippen molar-refractivity contribution >= 4 is 19.8 Å². The van der Waals surface area contributed by atoms with E-state index < -0.39 is 9.28 Å². The third-order valence-electron chi connectivity index (χ3n) is 3.06. The quantitative estimate of drug-likeness (QED) is 0.702. The SMILES string of the molecule is CCO[SiH3].CO[SiH](CC1CCCCC1)OC. The Labute approximate surface area is 105 Å². The second kappa shape index (κ2) is 11.8. The zero-order valence-corrected chi connectivity index (χ0v) is 14.5. The Bertz CT molecular complexity index is 135. The Morgan fingerprint density at radius 2 is 1.62 bits per heavy atom. The lowest BCUT2D eigenvalue weighted by atomic mass is 9.91. The van der Waals surface area contributed by atoms with Crippen LogP contribution in [0.25, 0.3) is 0 Å². The van der Waals surface area contributed by atoms with Crippen LogP contribution in [0.5, 0.6) is 0 Å². The summed E-state index contributed by atoms with van der Waals surface area (Å²) >= 11 is 0. The second-order valence-electron chi connectivity index (χ2n) is 4.22. The summed E-state index contributed by atoms with van der Waals surface area (Å²) in [5, 5.41) is 0. The average molecular weight is 265 g/mol. The zero-order chi connectivity index (χ0) is 12.2. The highest BCUT2D eigenvalue weighted by molar-refractivity contribution is 6.44. The van der Waals surface area contributed by atoms with Crippen molar-refractivity contribution in [3.63, 3.8) is 0 Å². The molecule has 1 rings (SSSR count). The van der Waals surface area contributed by atoms with E-state index in [1.165, 1.54) is 38.1 Å². The van der Waals surface area contributed by atoms with Gasteiger partial charge in [-0.3, -0.25) is 0 Å². The Morgan fingerprint density at radius 3 is 2.00 bits per heavy atom. The second-order valence-corrected chi connectivity index (χ2v) is 7.07. The molecule has 0 saturated heterocycles. The van der Waals surface area contributed by atoms with E-state index in [4.69, 9.17) is 8.85 Å². The maximum atomic E-state index is 5.32. The molecule has 1 fully saturated rings. The van der Waals surface area contributed by atoms with Gasteiger partial charge in [0, 0.05) is 20.8 Å². The predicted molar refractivity (Wildman–Crippen MR) is 74.1 cm³/mol. The molecule has 0 heterocycles. The minimum atomic E-state index is -1.27. The molecular formula is C11H28O3Si2. The van der Waals surface area contributed by atoms with Crippen molar-refractivity contribution in [1.29, 1.82) is 0 Å². The van der Waals surface area contributed by atoms with Gasteiger partial charge in [-0.2, -0.15) is 0 Å². The summed E-state index contributed by atoms with van der Waals surface area (Å²) in [6, 6.07) is 1.22. The first kappa shape index (κ1) is 16.3. The fourth-order valence-electron chi connectivity index (χ4n) is 1.98. The molecule has 0 unspecified atom stereocenters. The first-order valence-electron chi connectivity index (χ1n) is 6.32. The summed E-state index contributed by atoms with van der Waals surface area (Å²) in [4.78, 5) is 0. The molecule has 1 aliphatic rings. The number of rotatable bonds is 5. The van der Waals surface area contributed by atoms with Crippen LogP contribution in [0.1, 0.15) is 39.0 Å². The molecular weight excluding hydrogens is 236 g/mol. The van der Waals surface area contributed by atoms with Gasteiger partial charge in [0.05, 0.1) is 0 Å². The van der Waals surface area contributed by atoms with Crippen molar-refractivity contribution in [2.45, 2.75) is 45.1 Å². The molecule has 0 aromatic carbocycles. The van der Waals surface area contributed by atoms with Gasteiger partial charge in [0.2, 0.25) is 0 Å². The highest BCUT2D eigenvalue weighted by atomic mass is 28.3. The van der Waals surface area contributed by atoms with Gasteiger partial charge in [-0.05, 0) is 18.9 Å². The maximum Gasteiger partial charge on any atom is 0.321 e. The van der Waals surface area contributed by atoms with Crippen LogP contribution < -0.4 is 0 Å². The van der Waals surface area contributed by atoms with Crippen molar-refractivity contribution in [1.82, 2.24) is 0 Å². The third kappa shape index (κ3) is 8.46. The molecule has 16 heavy (non-hydrogen) atoms. The van der Waals surface area contributed by atoms with Crippen LogP contribution in [0.2, 0.25) is 6.04 Å². The van der Waals surface area contributed by atoms with E-state index in [1.807, 2.05) is 6.92 Å². The van der Waals surface area contributed by atoms with E-state index in [1.54, 1.807) is 14.2 Å². The first-order chi connectivity index (χ1) is 7.78. The summed E-state index contributed by atoms with van der Waals surface area (Å²) in [6.07, 6.45) is 7.06. The van der Waals surface area contributed by atoms with Gasteiger partial charge in [-0.1, -0.05) is 32.1 Å². The highest BCUT2D eigenvalue weighted by Crippen LogP contribution is 2.27. The van der Waals surface area contributed by atoms with E-state index in [2.05, 4.69) is 4.43 Å². The molecule has 0 amide bonds. The fourth-order valence-corrected chi connectivity index (χ4v) is 3.58. The van der Waals surface area contributed by atoms with Gasteiger partial charge in [0.1, 0.15) is 10.5 Å². The van der Waals surface area contributed by atoms with E-state index in [-0.39, 0.29) is 0 Å². The number of hydrogen-bond donors (Lipinski definition) is 0. The Morgan fingerprint density at radius 1 is 1.12 bits per heavy atom. The van der Waals surface area contributed by atoms with Crippen LogP contribution >= 0.6 is 0 Å². The molecule has 98 valence electrons. The molecule has 5 heteroatoms. The minimum Gasteiger partial charge on any atom is -0.428 e. The van der Waals surface area contributed by atoms with Gasteiger partial charge in [0.15, 0.2) is 0 Å². The van der Waals surface area contributed by atoms with Gasteiger partial charge in [0.25, 0.3) is 0 Å². The molecule has 1 saturated carbocycles. The smallest absolute Gasteiger partial charge is 0.321 e. The summed E-state index contributed by atoms with van der Waals surface area (Å²) in [5.41, 5.74) is 0. The summed E-state index contributed by atoms with van der Waals surface area (Å²) in [5.74, 6) is 0.898. The molecule has 0 atom stereocenters. The van der Waals surface area contributed by atoms with Gasteiger partial charge < -0.3 is 13.3 Å². The summed E-state index contributed by atoms with van der Waals surface area (Å²) < 4.78 is 15.3. The van der Waals surface area contributed by atoms with Gasteiger partial charge in [-0.15, -0.1) is 0 Å². The van der Waals surface area contributed by atoms with Gasteiger partial charge >= 0.3 is 9.28 Å². The molecule has 3 nitrogen and oxygen atoms in total. The summed E-state index contributed by atoms with van der Waals surface area (Å²) in [6.45, 7) is 2.87.